The average molecular weight is 275 g/mol. The topological polar surface area (TPSA) is 53.6 Å². The number of nitrogens with one attached hydrogen (secondary N) is 1. The van der Waals surface area contributed by atoms with Gasteiger partial charge < -0.3 is 5.32 Å². The highest BCUT2D eigenvalue weighted by atomic mass is 35.5. The van der Waals surface area contributed by atoms with E-state index < -0.39 is 6.04 Å². The summed E-state index contributed by atoms with van der Waals surface area (Å²) in [4.78, 5) is 0. The van der Waals surface area contributed by atoms with E-state index in [2.05, 4.69) is 16.5 Å². The molecular formula is C14H15ClN4. The number of nitrogens with zero attached hydrogens (tertiary/aromatic N) is 3. The van der Waals surface area contributed by atoms with Gasteiger partial charge in [-0.2, -0.15) is 10.4 Å². The van der Waals surface area contributed by atoms with Gasteiger partial charge in [-0.15, -0.1) is 0 Å². The number of hydrogen-bond donors (Lipinski definition) is 1. The second-order valence-corrected chi connectivity index (χ2v) is 4.94. The van der Waals surface area contributed by atoms with Gasteiger partial charge in [0.15, 0.2) is 0 Å². The van der Waals surface area contributed by atoms with Gasteiger partial charge in [0.25, 0.3) is 0 Å². The van der Waals surface area contributed by atoms with Gasteiger partial charge in [0.05, 0.1) is 23.0 Å². The van der Waals surface area contributed by atoms with Crippen LogP contribution in [0.3, 0.4) is 0 Å². The molecule has 4 nitrogen and oxygen atoms in total. The van der Waals surface area contributed by atoms with Gasteiger partial charge in [0, 0.05) is 17.8 Å². The highest BCUT2D eigenvalue weighted by Gasteiger charge is 2.14. The molecule has 1 unspecified atom stereocenters. The first-order valence-corrected chi connectivity index (χ1v) is 6.44. The summed E-state index contributed by atoms with van der Waals surface area (Å²) in [5.41, 5.74) is 1.57. The summed E-state index contributed by atoms with van der Waals surface area (Å²) in [5.74, 6) is 0. The van der Waals surface area contributed by atoms with E-state index in [0.29, 0.717) is 5.02 Å². The summed E-state index contributed by atoms with van der Waals surface area (Å²) in [7, 11) is 0. The lowest BCUT2D eigenvalue weighted by Crippen LogP contribution is -2.08. The molecule has 0 bridgehead atoms. The first-order chi connectivity index (χ1) is 9.11. The van der Waals surface area contributed by atoms with Crippen LogP contribution in [0.25, 0.3) is 0 Å². The summed E-state index contributed by atoms with van der Waals surface area (Å²) in [6, 6.07) is 9.39. The smallest absolute Gasteiger partial charge is 0.143 e. The van der Waals surface area contributed by atoms with Crippen LogP contribution >= 0.6 is 11.6 Å². The van der Waals surface area contributed by atoms with Gasteiger partial charge >= 0.3 is 0 Å². The number of nitriles is 1. The fourth-order valence-corrected chi connectivity index (χ4v) is 1.90. The third-order valence-electron chi connectivity index (χ3n) is 2.79. The summed E-state index contributed by atoms with van der Waals surface area (Å²) >= 11 is 6.08. The molecule has 1 N–H and O–H groups in total. The van der Waals surface area contributed by atoms with E-state index in [9.17, 15) is 5.26 Å². The van der Waals surface area contributed by atoms with Crippen molar-refractivity contribution in [3.8, 4) is 6.07 Å². The largest absolute Gasteiger partial charge is 0.365 e. The molecule has 98 valence electrons. The van der Waals surface area contributed by atoms with Crippen LogP contribution in [0.1, 0.15) is 31.5 Å². The molecule has 0 aliphatic carbocycles. The maximum atomic E-state index is 9.29. The summed E-state index contributed by atoms with van der Waals surface area (Å²) in [5, 5.41) is 17.2. The van der Waals surface area contributed by atoms with E-state index in [1.54, 1.807) is 12.3 Å². The predicted molar refractivity (Wildman–Crippen MR) is 76.0 cm³/mol. The van der Waals surface area contributed by atoms with Crippen LogP contribution in [-0.4, -0.2) is 9.78 Å². The Bertz CT molecular complexity index is 597. The maximum Gasteiger partial charge on any atom is 0.143 e. The van der Waals surface area contributed by atoms with Crippen LogP contribution in [0.5, 0.6) is 0 Å². The van der Waals surface area contributed by atoms with E-state index in [-0.39, 0.29) is 6.04 Å². The van der Waals surface area contributed by atoms with Gasteiger partial charge in [-0.3, -0.25) is 4.68 Å². The van der Waals surface area contributed by atoms with Gasteiger partial charge in [-0.1, -0.05) is 23.7 Å². The number of para-hydroxylation sites is 1. The Kier molecular flexibility index (Phi) is 4.08. The number of aromatic nitrogens is 2. The number of hydrogen-bond acceptors (Lipinski definition) is 3. The summed E-state index contributed by atoms with van der Waals surface area (Å²) in [6.45, 7) is 4.08. The minimum absolute atomic E-state index is 0.272. The van der Waals surface area contributed by atoms with E-state index in [1.807, 2.05) is 42.9 Å². The minimum atomic E-state index is -0.465. The lowest BCUT2D eigenvalue weighted by molar-refractivity contribution is 0.532. The molecule has 0 saturated heterocycles. The van der Waals surface area contributed by atoms with Gasteiger partial charge in [0.1, 0.15) is 6.04 Å². The first-order valence-electron chi connectivity index (χ1n) is 6.06. The molecule has 0 spiro atoms. The molecule has 0 radical (unpaired) electrons. The van der Waals surface area contributed by atoms with E-state index in [0.717, 1.165) is 11.3 Å². The predicted octanol–water partition coefficient (Wildman–Crippen LogP) is 3.79. The molecule has 0 amide bonds. The van der Waals surface area contributed by atoms with Gasteiger partial charge in [0.2, 0.25) is 0 Å². The first kappa shape index (κ1) is 13.4. The monoisotopic (exact) mass is 274 g/mol. The van der Waals surface area contributed by atoms with Gasteiger partial charge in [-0.25, -0.2) is 0 Å². The lowest BCUT2D eigenvalue weighted by atomic mass is 10.1. The number of rotatable bonds is 4. The summed E-state index contributed by atoms with van der Waals surface area (Å²) < 4.78 is 1.83. The molecule has 1 atom stereocenters. The molecule has 2 aromatic rings. The Morgan fingerprint density at radius 1 is 1.37 bits per heavy atom. The van der Waals surface area contributed by atoms with E-state index >= 15 is 0 Å². The molecule has 0 aliphatic heterocycles. The van der Waals surface area contributed by atoms with Crippen molar-refractivity contribution in [2.24, 2.45) is 0 Å². The average Bonchev–Trinajstić information content (AvgIpc) is 2.87. The third kappa shape index (κ3) is 3.07. The second-order valence-electron chi connectivity index (χ2n) is 4.53. The molecule has 0 fully saturated rings. The fourth-order valence-electron chi connectivity index (χ4n) is 1.71. The third-order valence-corrected chi connectivity index (χ3v) is 3.12. The maximum absolute atomic E-state index is 9.29. The normalized spacial score (nSPS) is 12.2. The molecule has 0 saturated carbocycles. The SMILES string of the molecule is CC(C)n1cc(C(C#N)Nc2ccccc2Cl)cn1. The van der Waals surface area contributed by atoms with Crippen molar-refractivity contribution in [3.63, 3.8) is 0 Å². The molecule has 19 heavy (non-hydrogen) atoms. The number of anilines is 1. The van der Waals surface area contributed by atoms with E-state index in [4.69, 9.17) is 11.6 Å². The Balaban J connectivity index is 2.21. The highest BCUT2D eigenvalue weighted by Crippen LogP contribution is 2.25. The van der Waals surface area contributed by atoms with Crippen molar-refractivity contribution in [2.75, 3.05) is 5.32 Å². The van der Waals surface area contributed by atoms with Crippen molar-refractivity contribution in [3.05, 3.63) is 47.2 Å². The number of halogens is 1. The van der Waals surface area contributed by atoms with E-state index in [1.165, 1.54) is 0 Å². The van der Waals surface area contributed by atoms with Crippen LogP contribution in [-0.2, 0) is 0 Å². The lowest BCUT2D eigenvalue weighted by Gasteiger charge is -2.12. The fraction of sp³-hybridized carbons (Fsp3) is 0.286. The van der Waals surface area contributed by atoms with Crippen LogP contribution < -0.4 is 5.32 Å². The van der Waals surface area contributed by atoms with Crippen molar-refractivity contribution >= 4 is 17.3 Å². The van der Waals surface area contributed by atoms with Crippen molar-refractivity contribution in [1.82, 2.24) is 9.78 Å². The molecule has 0 aliphatic rings. The molecule has 5 heteroatoms. The molecule has 1 aromatic heterocycles. The van der Waals surface area contributed by atoms with Crippen LogP contribution in [0.4, 0.5) is 5.69 Å². The van der Waals surface area contributed by atoms with Crippen LogP contribution in [0.2, 0.25) is 5.02 Å². The second kappa shape index (κ2) is 5.77. The van der Waals surface area contributed by atoms with Gasteiger partial charge in [-0.05, 0) is 26.0 Å². The quantitative estimate of drug-likeness (QED) is 0.923. The Labute approximate surface area is 117 Å². The Hall–Kier alpha value is -1.99. The zero-order chi connectivity index (χ0) is 13.8. The molecule has 1 aromatic carbocycles. The molecule has 1 heterocycles. The van der Waals surface area contributed by atoms with Crippen molar-refractivity contribution in [1.29, 1.82) is 5.26 Å². The summed E-state index contributed by atoms with van der Waals surface area (Å²) in [6.07, 6.45) is 3.58. The van der Waals surface area contributed by atoms with Crippen LogP contribution in [0.15, 0.2) is 36.7 Å². The zero-order valence-corrected chi connectivity index (χ0v) is 11.6. The highest BCUT2D eigenvalue weighted by molar-refractivity contribution is 6.33. The van der Waals surface area contributed by atoms with Crippen molar-refractivity contribution in [2.45, 2.75) is 25.9 Å². The van der Waals surface area contributed by atoms with Crippen molar-refractivity contribution < 1.29 is 0 Å². The minimum Gasteiger partial charge on any atom is -0.365 e. The van der Waals surface area contributed by atoms with Crippen LogP contribution in [0, 0.1) is 11.3 Å². The molecule has 2 rings (SSSR count). The Morgan fingerprint density at radius 2 is 2.11 bits per heavy atom. The Morgan fingerprint density at radius 3 is 2.68 bits per heavy atom. The standard InChI is InChI=1S/C14H15ClN4/c1-10(2)19-9-11(8-17-19)14(7-16)18-13-6-4-3-5-12(13)15/h3-6,8-10,14,18H,1-2H3. The zero-order valence-electron chi connectivity index (χ0n) is 10.8. The number of benzene rings is 1. The molecular weight excluding hydrogens is 260 g/mol.